The van der Waals surface area contributed by atoms with Crippen molar-refractivity contribution in [3.05, 3.63) is 62.9 Å². The molecule has 0 aliphatic carbocycles. The quantitative estimate of drug-likeness (QED) is 0.486. The summed E-state index contributed by atoms with van der Waals surface area (Å²) in [6.07, 6.45) is 0.430. The van der Waals surface area contributed by atoms with Crippen LogP contribution in [0.4, 0.5) is 10.1 Å². The number of nitrogens with zero attached hydrogens (tertiary/aromatic N) is 1. The second-order valence-corrected chi connectivity index (χ2v) is 4.18. The van der Waals surface area contributed by atoms with E-state index in [2.05, 4.69) is 0 Å². The third-order valence-electron chi connectivity index (χ3n) is 2.44. The van der Waals surface area contributed by atoms with Gasteiger partial charge in [-0.3, -0.25) is 14.9 Å². The van der Waals surface area contributed by atoms with Crippen molar-refractivity contribution in [3.63, 3.8) is 0 Å². The van der Waals surface area contributed by atoms with Crippen molar-refractivity contribution in [1.29, 1.82) is 0 Å². The number of hydrogen-bond acceptors (Lipinski definition) is 4. The molecular formula is C13H7ClFNO4. The summed E-state index contributed by atoms with van der Waals surface area (Å²) >= 11 is 5.80. The Hall–Kier alpha value is -2.47. The summed E-state index contributed by atoms with van der Waals surface area (Å²) in [5, 5.41) is 10.6. The van der Waals surface area contributed by atoms with Crippen molar-refractivity contribution in [3.8, 4) is 11.5 Å². The standard InChI is InChI=1S/C13H7ClFNO4/c14-11-6-9(15)1-3-13(11)20-12-4-2-10(16(18)19)5-8(12)7-17/h1-7H. The van der Waals surface area contributed by atoms with Crippen LogP contribution >= 0.6 is 11.6 Å². The summed E-state index contributed by atoms with van der Waals surface area (Å²) in [4.78, 5) is 20.9. The van der Waals surface area contributed by atoms with Crippen LogP contribution in [0.15, 0.2) is 36.4 Å². The number of nitro benzene ring substituents is 1. The summed E-state index contributed by atoms with van der Waals surface area (Å²) < 4.78 is 18.3. The van der Waals surface area contributed by atoms with Crippen LogP contribution in [-0.2, 0) is 0 Å². The molecule has 0 amide bonds. The Morgan fingerprint density at radius 1 is 1.20 bits per heavy atom. The number of carbonyl (C=O) groups excluding carboxylic acids is 1. The maximum absolute atomic E-state index is 12.9. The van der Waals surface area contributed by atoms with Gasteiger partial charge in [0.05, 0.1) is 15.5 Å². The third-order valence-corrected chi connectivity index (χ3v) is 2.74. The molecule has 2 aromatic carbocycles. The zero-order valence-electron chi connectivity index (χ0n) is 9.88. The van der Waals surface area contributed by atoms with Gasteiger partial charge in [0.25, 0.3) is 5.69 Å². The number of benzene rings is 2. The average molecular weight is 296 g/mol. The highest BCUT2D eigenvalue weighted by atomic mass is 35.5. The van der Waals surface area contributed by atoms with E-state index >= 15 is 0 Å². The molecule has 0 saturated heterocycles. The molecule has 5 nitrogen and oxygen atoms in total. The van der Waals surface area contributed by atoms with E-state index in [-0.39, 0.29) is 27.8 Å². The first-order valence-corrected chi connectivity index (χ1v) is 5.75. The number of halogens is 2. The van der Waals surface area contributed by atoms with E-state index in [1.165, 1.54) is 18.2 Å². The van der Waals surface area contributed by atoms with E-state index in [1.54, 1.807) is 0 Å². The first-order chi connectivity index (χ1) is 9.51. The highest BCUT2D eigenvalue weighted by Crippen LogP contribution is 2.32. The molecule has 0 fully saturated rings. The number of carbonyl (C=O) groups is 1. The Morgan fingerprint density at radius 2 is 1.90 bits per heavy atom. The minimum absolute atomic E-state index is 0.000378. The topological polar surface area (TPSA) is 69.4 Å². The first kappa shape index (κ1) is 14.0. The van der Waals surface area contributed by atoms with Crippen LogP contribution in [0.3, 0.4) is 0 Å². The van der Waals surface area contributed by atoms with E-state index in [9.17, 15) is 19.3 Å². The maximum atomic E-state index is 12.9. The molecule has 2 aromatic rings. The number of nitro groups is 1. The van der Waals surface area contributed by atoms with Crippen LogP contribution in [0.1, 0.15) is 10.4 Å². The van der Waals surface area contributed by atoms with Crippen LogP contribution in [0.2, 0.25) is 5.02 Å². The summed E-state index contributed by atoms with van der Waals surface area (Å²) in [7, 11) is 0. The van der Waals surface area contributed by atoms with Gasteiger partial charge in [0, 0.05) is 12.1 Å². The van der Waals surface area contributed by atoms with Crippen molar-refractivity contribution < 1.29 is 18.8 Å². The Kier molecular flexibility index (Phi) is 3.95. The molecule has 0 atom stereocenters. The summed E-state index contributed by atoms with van der Waals surface area (Å²) in [6, 6.07) is 7.06. The third kappa shape index (κ3) is 2.92. The van der Waals surface area contributed by atoms with Crippen molar-refractivity contribution in [1.82, 2.24) is 0 Å². The Bertz CT molecular complexity index is 690. The van der Waals surface area contributed by atoms with Crippen molar-refractivity contribution in [2.45, 2.75) is 0 Å². The molecule has 0 radical (unpaired) electrons. The molecule has 20 heavy (non-hydrogen) atoms. The fraction of sp³-hybridized carbons (Fsp3) is 0. The van der Waals surface area contributed by atoms with Crippen LogP contribution in [0.5, 0.6) is 11.5 Å². The Balaban J connectivity index is 2.38. The van der Waals surface area contributed by atoms with Gasteiger partial charge in [0.1, 0.15) is 17.3 Å². The van der Waals surface area contributed by atoms with Gasteiger partial charge in [-0.15, -0.1) is 0 Å². The molecular weight excluding hydrogens is 289 g/mol. The van der Waals surface area contributed by atoms with Crippen LogP contribution < -0.4 is 4.74 Å². The lowest BCUT2D eigenvalue weighted by Crippen LogP contribution is -1.94. The number of hydrogen-bond donors (Lipinski definition) is 0. The maximum Gasteiger partial charge on any atom is 0.270 e. The monoisotopic (exact) mass is 295 g/mol. The predicted octanol–water partition coefficient (Wildman–Crippen LogP) is 3.99. The molecule has 102 valence electrons. The zero-order chi connectivity index (χ0) is 14.7. The highest BCUT2D eigenvalue weighted by Gasteiger charge is 2.13. The van der Waals surface area contributed by atoms with E-state index in [4.69, 9.17) is 16.3 Å². The molecule has 0 aliphatic heterocycles. The van der Waals surface area contributed by atoms with E-state index in [0.717, 1.165) is 18.2 Å². The molecule has 0 unspecified atom stereocenters. The summed E-state index contributed by atoms with van der Waals surface area (Å²) in [5.41, 5.74) is -0.232. The molecule has 2 rings (SSSR count). The number of aldehydes is 1. The van der Waals surface area contributed by atoms with E-state index < -0.39 is 10.7 Å². The van der Waals surface area contributed by atoms with Crippen molar-refractivity contribution >= 4 is 23.6 Å². The van der Waals surface area contributed by atoms with Crippen molar-refractivity contribution in [2.75, 3.05) is 0 Å². The molecule has 0 heterocycles. The Morgan fingerprint density at radius 3 is 2.50 bits per heavy atom. The molecule has 0 aliphatic rings. The number of non-ortho nitro benzene ring substituents is 1. The van der Waals surface area contributed by atoms with Gasteiger partial charge in [-0.25, -0.2) is 4.39 Å². The predicted molar refractivity (Wildman–Crippen MR) is 70.0 cm³/mol. The zero-order valence-corrected chi connectivity index (χ0v) is 10.6. The second-order valence-electron chi connectivity index (χ2n) is 3.77. The molecule has 0 aromatic heterocycles. The number of ether oxygens (including phenoxy) is 1. The molecule has 0 N–H and O–H groups in total. The van der Waals surface area contributed by atoms with Gasteiger partial charge in [-0.2, -0.15) is 0 Å². The fourth-order valence-electron chi connectivity index (χ4n) is 1.51. The van der Waals surface area contributed by atoms with Crippen LogP contribution in [-0.4, -0.2) is 11.2 Å². The SMILES string of the molecule is O=Cc1cc([N+](=O)[O-])ccc1Oc1ccc(F)cc1Cl. The average Bonchev–Trinajstić information content (AvgIpc) is 2.42. The lowest BCUT2D eigenvalue weighted by atomic mass is 10.2. The van der Waals surface area contributed by atoms with E-state index in [0.29, 0.717) is 6.29 Å². The molecule has 0 bridgehead atoms. The molecule has 0 spiro atoms. The molecule has 7 heteroatoms. The van der Waals surface area contributed by atoms with E-state index in [1.807, 2.05) is 0 Å². The van der Waals surface area contributed by atoms with Gasteiger partial charge in [-0.05, 0) is 24.3 Å². The Labute approximate surface area is 117 Å². The second kappa shape index (κ2) is 5.66. The van der Waals surface area contributed by atoms with Crippen LogP contribution in [0, 0.1) is 15.9 Å². The summed E-state index contributed by atoms with van der Waals surface area (Å²) in [5.74, 6) is -0.286. The van der Waals surface area contributed by atoms with Gasteiger partial charge in [0.2, 0.25) is 0 Å². The minimum atomic E-state index is -0.623. The number of rotatable bonds is 4. The van der Waals surface area contributed by atoms with Gasteiger partial charge < -0.3 is 4.74 Å². The first-order valence-electron chi connectivity index (χ1n) is 5.38. The fourth-order valence-corrected chi connectivity index (χ4v) is 1.72. The molecule has 0 saturated carbocycles. The lowest BCUT2D eigenvalue weighted by Gasteiger charge is -2.09. The van der Waals surface area contributed by atoms with Crippen LogP contribution in [0.25, 0.3) is 0 Å². The lowest BCUT2D eigenvalue weighted by molar-refractivity contribution is -0.384. The van der Waals surface area contributed by atoms with Gasteiger partial charge >= 0.3 is 0 Å². The minimum Gasteiger partial charge on any atom is -0.455 e. The van der Waals surface area contributed by atoms with Gasteiger partial charge in [0.15, 0.2) is 6.29 Å². The normalized spacial score (nSPS) is 10.1. The highest BCUT2D eigenvalue weighted by molar-refractivity contribution is 6.32. The smallest absolute Gasteiger partial charge is 0.270 e. The summed E-state index contributed by atoms with van der Waals surface area (Å²) in [6.45, 7) is 0. The van der Waals surface area contributed by atoms with Gasteiger partial charge in [-0.1, -0.05) is 11.6 Å². The van der Waals surface area contributed by atoms with Crippen molar-refractivity contribution in [2.24, 2.45) is 0 Å². The largest absolute Gasteiger partial charge is 0.455 e.